The largest absolute Gasteiger partial charge is 0.483 e. The van der Waals surface area contributed by atoms with Crippen LogP contribution in [-0.4, -0.2) is 30.1 Å². The first-order chi connectivity index (χ1) is 9.80. The Bertz CT molecular complexity index is 491. The van der Waals surface area contributed by atoms with Gasteiger partial charge in [0, 0.05) is 13.0 Å². The van der Waals surface area contributed by atoms with Gasteiger partial charge in [0.15, 0.2) is 6.61 Å². The molecule has 0 saturated heterocycles. The normalized spacial score (nSPS) is 11.0. The summed E-state index contributed by atoms with van der Waals surface area (Å²) in [6, 6.07) is 7.65. The van der Waals surface area contributed by atoms with Crippen molar-refractivity contribution in [2.75, 3.05) is 13.2 Å². The molecule has 1 aromatic rings. The Morgan fingerprint density at radius 2 is 1.90 bits per heavy atom. The van der Waals surface area contributed by atoms with Gasteiger partial charge in [0.2, 0.25) is 0 Å². The third-order valence-electron chi connectivity index (χ3n) is 2.94. The highest BCUT2D eigenvalue weighted by atomic mass is 16.5. The van der Waals surface area contributed by atoms with Crippen molar-refractivity contribution in [3.8, 4) is 5.75 Å². The Kier molecular flexibility index (Phi) is 6.21. The molecule has 0 atom stereocenters. The minimum atomic E-state index is -0.861. The van der Waals surface area contributed by atoms with E-state index in [0.717, 1.165) is 5.56 Å². The van der Waals surface area contributed by atoms with Crippen molar-refractivity contribution in [2.24, 2.45) is 0 Å². The van der Waals surface area contributed by atoms with Crippen molar-refractivity contribution < 1.29 is 19.4 Å². The number of rotatable bonds is 7. The van der Waals surface area contributed by atoms with Gasteiger partial charge in [-0.25, -0.2) is 0 Å². The average Bonchev–Trinajstić information content (AvgIpc) is 2.40. The molecule has 116 valence electrons. The van der Waals surface area contributed by atoms with Gasteiger partial charge in [-0.1, -0.05) is 39.0 Å². The minimum absolute atomic E-state index is 0.0496. The Labute approximate surface area is 125 Å². The number of benzene rings is 1. The Morgan fingerprint density at radius 3 is 2.52 bits per heavy atom. The summed E-state index contributed by atoms with van der Waals surface area (Å²) in [5, 5.41) is 11.1. The number of carbonyl (C=O) groups excluding carboxylic acids is 1. The van der Waals surface area contributed by atoms with Gasteiger partial charge >= 0.3 is 5.97 Å². The monoisotopic (exact) mass is 293 g/mol. The zero-order valence-electron chi connectivity index (χ0n) is 12.8. The van der Waals surface area contributed by atoms with E-state index in [9.17, 15) is 9.59 Å². The van der Waals surface area contributed by atoms with Crippen molar-refractivity contribution in [1.82, 2.24) is 5.32 Å². The maximum Gasteiger partial charge on any atom is 0.303 e. The van der Waals surface area contributed by atoms with Crippen LogP contribution in [0.5, 0.6) is 5.75 Å². The molecule has 21 heavy (non-hydrogen) atoms. The molecule has 5 heteroatoms. The van der Waals surface area contributed by atoms with E-state index in [-0.39, 0.29) is 24.3 Å². The second-order valence-electron chi connectivity index (χ2n) is 5.88. The van der Waals surface area contributed by atoms with Crippen LogP contribution in [0.15, 0.2) is 24.3 Å². The minimum Gasteiger partial charge on any atom is -0.483 e. The first kappa shape index (κ1) is 17.0. The standard InChI is InChI=1S/C16H23NO4/c1-16(2,3)12-7-4-5-8-13(12)21-11-14(18)17-10-6-9-15(19)20/h4-5,7-8H,6,9-11H2,1-3H3,(H,17,18)(H,19,20). The van der Waals surface area contributed by atoms with Crippen molar-refractivity contribution in [1.29, 1.82) is 0 Å². The molecule has 0 aliphatic heterocycles. The van der Waals surface area contributed by atoms with E-state index < -0.39 is 5.97 Å². The molecule has 0 radical (unpaired) electrons. The quantitative estimate of drug-likeness (QED) is 0.757. The number of nitrogens with one attached hydrogen (secondary N) is 1. The maximum absolute atomic E-state index is 11.6. The number of ether oxygens (including phenoxy) is 1. The number of hydrogen-bond acceptors (Lipinski definition) is 3. The van der Waals surface area contributed by atoms with Crippen LogP contribution in [0, 0.1) is 0 Å². The summed E-state index contributed by atoms with van der Waals surface area (Å²) in [5.74, 6) is -0.408. The van der Waals surface area contributed by atoms with Gasteiger partial charge in [-0.15, -0.1) is 0 Å². The molecule has 0 fully saturated rings. The highest BCUT2D eigenvalue weighted by Gasteiger charge is 2.18. The summed E-state index contributed by atoms with van der Waals surface area (Å²) in [7, 11) is 0. The van der Waals surface area contributed by atoms with E-state index >= 15 is 0 Å². The zero-order valence-corrected chi connectivity index (χ0v) is 12.8. The fourth-order valence-electron chi connectivity index (χ4n) is 1.87. The van der Waals surface area contributed by atoms with Crippen LogP contribution in [0.1, 0.15) is 39.2 Å². The first-order valence-electron chi connectivity index (χ1n) is 7.01. The first-order valence-corrected chi connectivity index (χ1v) is 7.01. The van der Waals surface area contributed by atoms with Crippen LogP contribution in [0.2, 0.25) is 0 Å². The van der Waals surface area contributed by atoms with Crippen molar-refractivity contribution in [2.45, 2.75) is 39.0 Å². The van der Waals surface area contributed by atoms with Crippen LogP contribution in [0.4, 0.5) is 0 Å². The number of carboxylic acids is 1. The fourth-order valence-corrected chi connectivity index (χ4v) is 1.87. The molecule has 0 aliphatic carbocycles. The lowest BCUT2D eigenvalue weighted by Crippen LogP contribution is -2.30. The Morgan fingerprint density at radius 1 is 1.24 bits per heavy atom. The molecule has 0 unspecified atom stereocenters. The summed E-state index contributed by atoms with van der Waals surface area (Å²) >= 11 is 0. The number of aliphatic carboxylic acids is 1. The van der Waals surface area contributed by atoms with Gasteiger partial charge in [0.05, 0.1) is 0 Å². The Hall–Kier alpha value is -2.04. The van der Waals surface area contributed by atoms with Crippen molar-refractivity contribution >= 4 is 11.9 Å². The van der Waals surface area contributed by atoms with Gasteiger partial charge in [-0.05, 0) is 23.5 Å². The molecule has 0 bridgehead atoms. The molecule has 0 spiro atoms. The van der Waals surface area contributed by atoms with E-state index in [4.69, 9.17) is 9.84 Å². The summed E-state index contributed by atoms with van der Waals surface area (Å²) in [4.78, 5) is 22.0. The lowest BCUT2D eigenvalue weighted by Gasteiger charge is -2.22. The fraction of sp³-hybridized carbons (Fsp3) is 0.500. The molecule has 1 rings (SSSR count). The third kappa shape index (κ3) is 6.29. The van der Waals surface area contributed by atoms with E-state index in [1.807, 2.05) is 24.3 Å². The lowest BCUT2D eigenvalue weighted by molar-refractivity contribution is -0.137. The summed E-state index contributed by atoms with van der Waals surface area (Å²) < 4.78 is 5.58. The van der Waals surface area contributed by atoms with Gasteiger partial charge < -0.3 is 15.2 Å². The SMILES string of the molecule is CC(C)(C)c1ccccc1OCC(=O)NCCCC(=O)O. The van der Waals surface area contributed by atoms with Crippen LogP contribution in [-0.2, 0) is 15.0 Å². The molecule has 0 aliphatic rings. The van der Waals surface area contributed by atoms with E-state index in [0.29, 0.717) is 18.7 Å². The highest BCUT2D eigenvalue weighted by molar-refractivity contribution is 5.77. The highest BCUT2D eigenvalue weighted by Crippen LogP contribution is 2.30. The molecule has 5 nitrogen and oxygen atoms in total. The molecule has 0 heterocycles. The molecule has 2 N–H and O–H groups in total. The number of para-hydroxylation sites is 1. The van der Waals surface area contributed by atoms with E-state index in [2.05, 4.69) is 26.1 Å². The average molecular weight is 293 g/mol. The predicted molar refractivity (Wildman–Crippen MR) is 80.5 cm³/mol. The zero-order chi connectivity index (χ0) is 15.9. The number of hydrogen-bond donors (Lipinski definition) is 2. The van der Waals surface area contributed by atoms with Crippen LogP contribution >= 0.6 is 0 Å². The lowest BCUT2D eigenvalue weighted by atomic mass is 9.86. The van der Waals surface area contributed by atoms with Crippen LogP contribution in [0.3, 0.4) is 0 Å². The molecular formula is C16H23NO4. The summed E-state index contributed by atoms with van der Waals surface area (Å²) in [5.41, 5.74) is 0.984. The second-order valence-corrected chi connectivity index (χ2v) is 5.88. The molecule has 0 aromatic heterocycles. The maximum atomic E-state index is 11.6. The second kappa shape index (κ2) is 7.67. The predicted octanol–water partition coefficient (Wildman–Crippen LogP) is 2.34. The number of carbonyl (C=O) groups is 2. The molecule has 1 aromatic carbocycles. The van der Waals surface area contributed by atoms with Gasteiger partial charge in [0.1, 0.15) is 5.75 Å². The van der Waals surface area contributed by atoms with Crippen molar-refractivity contribution in [3.63, 3.8) is 0 Å². The third-order valence-corrected chi connectivity index (χ3v) is 2.94. The smallest absolute Gasteiger partial charge is 0.303 e. The summed E-state index contributed by atoms with van der Waals surface area (Å²) in [6.07, 6.45) is 0.466. The van der Waals surface area contributed by atoms with Crippen molar-refractivity contribution in [3.05, 3.63) is 29.8 Å². The number of amides is 1. The van der Waals surface area contributed by atoms with Crippen LogP contribution < -0.4 is 10.1 Å². The molecule has 1 amide bonds. The van der Waals surface area contributed by atoms with E-state index in [1.54, 1.807) is 0 Å². The van der Waals surface area contributed by atoms with Gasteiger partial charge in [-0.2, -0.15) is 0 Å². The topological polar surface area (TPSA) is 75.6 Å². The molecule has 0 saturated carbocycles. The van der Waals surface area contributed by atoms with Crippen LogP contribution in [0.25, 0.3) is 0 Å². The van der Waals surface area contributed by atoms with E-state index in [1.165, 1.54) is 0 Å². The summed E-state index contributed by atoms with van der Waals surface area (Å²) in [6.45, 7) is 6.53. The Balaban J connectivity index is 2.45. The van der Waals surface area contributed by atoms with Gasteiger partial charge in [0.25, 0.3) is 5.91 Å². The number of carboxylic acid groups (broad SMARTS) is 1. The molecular weight excluding hydrogens is 270 g/mol. The van der Waals surface area contributed by atoms with Gasteiger partial charge in [-0.3, -0.25) is 9.59 Å².